The van der Waals surface area contributed by atoms with E-state index in [2.05, 4.69) is 61.6 Å². The highest BCUT2D eigenvalue weighted by atomic mass is 15.6. The average Bonchev–Trinajstić information content (AvgIpc) is 3.38. The lowest BCUT2D eigenvalue weighted by molar-refractivity contribution is 0.711. The van der Waals surface area contributed by atoms with Gasteiger partial charge in [-0.05, 0) is 34.7 Å². The van der Waals surface area contributed by atoms with Crippen LogP contribution in [0.4, 0.5) is 0 Å². The number of tetrazole rings is 2. The Morgan fingerprint density at radius 3 is 1.50 bits per heavy atom. The van der Waals surface area contributed by atoms with Gasteiger partial charge in [-0.3, -0.25) is 0 Å². The third-order valence-corrected chi connectivity index (χ3v) is 3.94. The Labute approximate surface area is 140 Å². The first kappa shape index (κ1) is 13.1. The Bertz CT molecular complexity index is 1350. The molecule has 0 aliphatic rings. The molecular weight excluding hydrogens is 344 g/mol. The van der Waals surface area contributed by atoms with E-state index in [9.17, 15) is 0 Å². The summed E-state index contributed by atoms with van der Waals surface area (Å²) in [6.07, 6.45) is 0. The molecule has 0 unspecified atom stereocenters. The van der Waals surface area contributed by atoms with Gasteiger partial charge in [0.1, 0.15) is 11.4 Å². The van der Waals surface area contributed by atoms with Crippen molar-refractivity contribution in [1.29, 1.82) is 0 Å². The summed E-state index contributed by atoms with van der Waals surface area (Å²) >= 11 is 0. The maximum atomic E-state index is 4.24. The van der Waals surface area contributed by atoms with Gasteiger partial charge in [0.2, 0.25) is 11.6 Å². The van der Waals surface area contributed by atoms with E-state index in [1.54, 1.807) is 22.6 Å². The number of hydrogen-bond donors (Lipinski definition) is 0. The van der Waals surface area contributed by atoms with Gasteiger partial charge < -0.3 is 0 Å². The molecule has 0 saturated carbocycles. The molecule has 26 heavy (non-hydrogen) atoms. The average molecular weight is 350 g/mol. The van der Waals surface area contributed by atoms with Crippen molar-refractivity contribution in [3.63, 3.8) is 0 Å². The second-order valence-corrected chi connectivity index (χ2v) is 5.47. The quantitative estimate of drug-likeness (QED) is 0.311. The summed E-state index contributed by atoms with van der Waals surface area (Å²) in [5.41, 5.74) is 2.20. The molecule has 0 aliphatic carbocycles. The van der Waals surface area contributed by atoms with Crippen LogP contribution in [0.5, 0.6) is 0 Å². The first-order chi connectivity index (χ1) is 12.7. The SMILES string of the molecule is Cc1nn2nnnc2n2c(-c3nnc4c(C)nn5nnnc5n34)nnc12. The van der Waals surface area contributed by atoms with E-state index < -0.39 is 0 Å². The van der Waals surface area contributed by atoms with Crippen molar-refractivity contribution in [3.05, 3.63) is 11.4 Å². The standard InChI is InChI=1S/C10H6N16/c1-3-5-11-13-7(23(5)9-15-19-21-25(9)17-3)8-14-12-6-4(2)18-26-10(24(6)8)16-20-22-26/h1-2H3. The van der Waals surface area contributed by atoms with Crippen molar-refractivity contribution >= 4 is 22.8 Å². The normalized spacial score (nSPS) is 12.2. The van der Waals surface area contributed by atoms with Gasteiger partial charge >= 0.3 is 0 Å². The van der Waals surface area contributed by atoms with E-state index in [-0.39, 0.29) is 0 Å². The van der Waals surface area contributed by atoms with Crippen LogP contribution in [0.15, 0.2) is 0 Å². The second-order valence-electron chi connectivity index (χ2n) is 5.47. The van der Waals surface area contributed by atoms with Crippen molar-refractivity contribution in [3.8, 4) is 11.6 Å². The van der Waals surface area contributed by atoms with Crippen LogP contribution < -0.4 is 0 Å². The van der Waals surface area contributed by atoms with Crippen LogP contribution in [-0.4, -0.2) is 79.7 Å². The van der Waals surface area contributed by atoms with Crippen LogP contribution in [0, 0.1) is 13.8 Å². The Morgan fingerprint density at radius 2 is 1.04 bits per heavy atom. The zero-order chi connectivity index (χ0) is 17.4. The van der Waals surface area contributed by atoms with Gasteiger partial charge in [-0.15, -0.1) is 30.6 Å². The molecule has 0 aliphatic heterocycles. The highest BCUT2D eigenvalue weighted by Gasteiger charge is 2.23. The van der Waals surface area contributed by atoms with Crippen LogP contribution in [0.3, 0.4) is 0 Å². The van der Waals surface area contributed by atoms with Crippen molar-refractivity contribution in [1.82, 2.24) is 79.7 Å². The van der Waals surface area contributed by atoms with Crippen molar-refractivity contribution in [2.24, 2.45) is 0 Å². The summed E-state index contributed by atoms with van der Waals surface area (Å²) in [6.45, 7) is 3.57. The van der Waals surface area contributed by atoms with Crippen molar-refractivity contribution < 1.29 is 0 Å². The fourth-order valence-electron chi connectivity index (χ4n) is 2.83. The Morgan fingerprint density at radius 1 is 0.577 bits per heavy atom. The molecule has 0 atom stereocenters. The predicted octanol–water partition coefficient (Wildman–Crippen LogP) is -2.28. The lowest BCUT2D eigenvalue weighted by atomic mass is 10.4. The van der Waals surface area contributed by atoms with Crippen molar-refractivity contribution in [2.45, 2.75) is 13.8 Å². The van der Waals surface area contributed by atoms with Gasteiger partial charge in [-0.2, -0.15) is 0 Å². The molecule has 0 spiro atoms. The molecule has 6 heterocycles. The maximum Gasteiger partial charge on any atom is 0.279 e. The molecular formula is C10H6N16. The van der Waals surface area contributed by atoms with Crippen LogP contribution in [-0.2, 0) is 0 Å². The number of hydrogen-bond acceptors (Lipinski definition) is 12. The van der Waals surface area contributed by atoms with E-state index in [1.165, 1.54) is 9.26 Å². The molecule has 0 saturated heterocycles. The van der Waals surface area contributed by atoms with Gasteiger partial charge in [-0.25, -0.2) is 8.80 Å². The monoisotopic (exact) mass is 350 g/mol. The van der Waals surface area contributed by atoms with Gasteiger partial charge in [0.25, 0.3) is 11.6 Å². The summed E-state index contributed by atoms with van der Waals surface area (Å²) in [7, 11) is 0. The highest BCUT2D eigenvalue weighted by Crippen LogP contribution is 2.21. The van der Waals surface area contributed by atoms with Gasteiger partial charge in [-0.1, -0.05) is 19.5 Å². The first-order valence-electron chi connectivity index (χ1n) is 7.33. The van der Waals surface area contributed by atoms with Gasteiger partial charge in [0, 0.05) is 0 Å². The zero-order valence-corrected chi connectivity index (χ0v) is 13.2. The summed E-state index contributed by atoms with van der Waals surface area (Å²) in [6, 6.07) is 0. The molecule has 0 fully saturated rings. The van der Waals surface area contributed by atoms with Crippen LogP contribution >= 0.6 is 0 Å². The predicted molar refractivity (Wildman–Crippen MR) is 78.7 cm³/mol. The van der Waals surface area contributed by atoms with E-state index in [4.69, 9.17) is 0 Å². The minimum atomic E-state index is 0.337. The summed E-state index contributed by atoms with van der Waals surface area (Å²) in [5, 5.41) is 48.3. The number of aromatic nitrogens is 16. The number of aryl methyl sites for hydroxylation is 2. The lowest BCUT2D eigenvalue weighted by Crippen LogP contribution is -2.07. The highest BCUT2D eigenvalue weighted by molar-refractivity contribution is 5.63. The third kappa shape index (κ3) is 1.43. The maximum absolute atomic E-state index is 4.24. The second kappa shape index (κ2) is 4.23. The first-order valence-corrected chi connectivity index (χ1v) is 7.33. The molecule has 16 nitrogen and oxygen atoms in total. The molecule has 0 aromatic carbocycles. The zero-order valence-electron chi connectivity index (χ0n) is 13.2. The molecule has 6 aromatic rings. The topological polar surface area (TPSA) is 172 Å². The van der Waals surface area contributed by atoms with E-state index in [0.717, 1.165) is 0 Å². The van der Waals surface area contributed by atoms with Crippen LogP contribution in [0.25, 0.3) is 34.5 Å². The van der Waals surface area contributed by atoms with Gasteiger partial charge in [0.05, 0.1) is 0 Å². The molecule has 16 heteroatoms. The minimum absolute atomic E-state index is 0.337. The summed E-state index contributed by atoms with van der Waals surface area (Å²) in [4.78, 5) is 0. The van der Waals surface area contributed by atoms with E-state index >= 15 is 0 Å². The minimum Gasteiger partial charge on any atom is -0.235 e. The summed E-state index contributed by atoms with van der Waals surface area (Å²) < 4.78 is 5.88. The van der Waals surface area contributed by atoms with Crippen molar-refractivity contribution in [2.75, 3.05) is 0 Å². The fourth-order valence-corrected chi connectivity index (χ4v) is 2.83. The third-order valence-electron chi connectivity index (χ3n) is 3.94. The van der Waals surface area contributed by atoms with E-state index in [0.29, 0.717) is 45.9 Å². The largest absolute Gasteiger partial charge is 0.279 e. The Balaban J connectivity index is 1.82. The van der Waals surface area contributed by atoms with Crippen LogP contribution in [0.1, 0.15) is 11.4 Å². The smallest absolute Gasteiger partial charge is 0.235 e. The molecule has 6 aromatic heterocycles. The molecule has 126 valence electrons. The fraction of sp³-hybridized carbons (Fsp3) is 0.200. The molecule has 0 amide bonds. The number of nitrogens with zero attached hydrogens (tertiary/aromatic N) is 16. The Hall–Kier alpha value is -4.24. The number of fused-ring (bicyclic) bond motifs is 6. The Kier molecular flexibility index (Phi) is 2.13. The molecule has 0 N–H and O–H groups in total. The molecule has 0 bridgehead atoms. The lowest BCUT2D eigenvalue weighted by Gasteiger charge is -2.02. The summed E-state index contributed by atoms with van der Waals surface area (Å²) in [5.74, 6) is 1.41. The van der Waals surface area contributed by atoms with Crippen LogP contribution in [0.2, 0.25) is 0 Å². The molecule has 6 rings (SSSR count). The molecule has 0 radical (unpaired) electrons. The van der Waals surface area contributed by atoms with Gasteiger partial charge in [0.15, 0.2) is 11.3 Å². The number of rotatable bonds is 1. The van der Waals surface area contributed by atoms with E-state index in [1.807, 2.05) is 0 Å².